The Morgan fingerprint density at radius 2 is 2.00 bits per heavy atom. The minimum atomic E-state index is -0.405. The standard InChI is InChI=1S/C18H26O3/c1-5-18(11-16(14(2)19)17(3,4)21-18)13-20-12-15-9-7-6-8-10-15/h6-10,16H,5,11-13H2,1-4H3. The molecule has 116 valence electrons. The van der Waals surface area contributed by atoms with Crippen LogP contribution in [0.15, 0.2) is 30.3 Å². The minimum Gasteiger partial charge on any atom is -0.374 e. The molecule has 0 saturated carbocycles. The van der Waals surface area contributed by atoms with Crippen molar-refractivity contribution in [3.8, 4) is 0 Å². The number of hydrogen-bond donors (Lipinski definition) is 0. The average molecular weight is 290 g/mol. The third-order valence-corrected chi connectivity index (χ3v) is 4.51. The van der Waals surface area contributed by atoms with E-state index in [1.807, 2.05) is 32.0 Å². The Balaban J connectivity index is 1.98. The molecule has 0 N–H and O–H groups in total. The highest BCUT2D eigenvalue weighted by atomic mass is 16.6. The van der Waals surface area contributed by atoms with Crippen molar-refractivity contribution in [2.24, 2.45) is 5.92 Å². The molecule has 0 bridgehead atoms. The number of rotatable bonds is 6. The Morgan fingerprint density at radius 1 is 1.33 bits per heavy atom. The van der Waals surface area contributed by atoms with E-state index < -0.39 is 5.60 Å². The topological polar surface area (TPSA) is 35.5 Å². The van der Waals surface area contributed by atoms with Gasteiger partial charge in [0.15, 0.2) is 0 Å². The second-order valence-corrected chi connectivity index (χ2v) is 6.59. The van der Waals surface area contributed by atoms with Gasteiger partial charge < -0.3 is 9.47 Å². The molecule has 1 fully saturated rings. The van der Waals surface area contributed by atoms with Gasteiger partial charge in [0.25, 0.3) is 0 Å². The molecule has 1 aliphatic heterocycles. The molecule has 1 aliphatic rings. The van der Waals surface area contributed by atoms with Crippen molar-refractivity contribution in [2.45, 2.75) is 58.3 Å². The minimum absolute atomic E-state index is 0.0437. The van der Waals surface area contributed by atoms with E-state index >= 15 is 0 Å². The highest BCUT2D eigenvalue weighted by molar-refractivity contribution is 5.80. The summed E-state index contributed by atoms with van der Waals surface area (Å²) in [5, 5.41) is 0. The van der Waals surface area contributed by atoms with Crippen LogP contribution in [0.3, 0.4) is 0 Å². The van der Waals surface area contributed by atoms with Crippen molar-refractivity contribution in [3.63, 3.8) is 0 Å². The molecular formula is C18H26O3. The van der Waals surface area contributed by atoms with E-state index in [9.17, 15) is 4.79 Å². The molecule has 0 radical (unpaired) electrons. The number of hydrogen-bond acceptors (Lipinski definition) is 3. The summed E-state index contributed by atoms with van der Waals surface area (Å²) in [6.07, 6.45) is 1.61. The highest BCUT2D eigenvalue weighted by Gasteiger charge is 2.51. The van der Waals surface area contributed by atoms with Crippen molar-refractivity contribution in [2.75, 3.05) is 6.61 Å². The summed E-state index contributed by atoms with van der Waals surface area (Å²) in [5.41, 5.74) is 0.413. The fourth-order valence-electron chi connectivity index (χ4n) is 3.26. The van der Waals surface area contributed by atoms with Gasteiger partial charge in [0.2, 0.25) is 0 Å². The van der Waals surface area contributed by atoms with Gasteiger partial charge in [-0.2, -0.15) is 0 Å². The second kappa shape index (κ2) is 6.29. The predicted molar refractivity (Wildman–Crippen MR) is 83.1 cm³/mol. The zero-order valence-electron chi connectivity index (χ0n) is 13.5. The summed E-state index contributed by atoms with van der Waals surface area (Å²) in [7, 11) is 0. The average Bonchev–Trinajstić information content (AvgIpc) is 2.72. The lowest BCUT2D eigenvalue weighted by Gasteiger charge is -2.30. The van der Waals surface area contributed by atoms with Crippen LogP contribution in [0.5, 0.6) is 0 Å². The fourth-order valence-corrected chi connectivity index (χ4v) is 3.26. The summed E-state index contributed by atoms with van der Waals surface area (Å²) < 4.78 is 12.1. The third-order valence-electron chi connectivity index (χ3n) is 4.51. The fraction of sp³-hybridized carbons (Fsp3) is 0.611. The number of Topliss-reactive ketones (excluding diaryl/α,β-unsaturated/α-hetero) is 1. The molecule has 3 heteroatoms. The molecule has 1 saturated heterocycles. The maximum atomic E-state index is 11.8. The molecule has 2 rings (SSSR count). The maximum absolute atomic E-state index is 11.8. The van der Waals surface area contributed by atoms with Crippen molar-refractivity contribution in [1.29, 1.82) is 0 Å². The zero-order chi connectivity index (χ0) is 15.5. The van der Waals surface area contributed by atoms with Gasteiger partial charge in [0, 0.05) is 5.92 Å². The van der Waals surface area contributed by atoms with E-state index in [0.29, 0.717) is 13.2 Å². The molecule has 21 heavy (non-hydrogen) atoms. The Hall–Kier alpha value is -1.19. The van der Waals surface area contributed by atoms with Crippen molar-refractivity contribution < 1.29 is 14.3 Å². The van der Waals surface area contributed by atoms with Gasteiger partial charge in [-0.3, -0.25) is 4.79 Å². The lowest BCUT2D eigenvalue weighted by atomic mass is 9.83. The van der Waals surface area contributed by atoms with Gasteiger partial charge >= 0.3 is 0 Å². The van der Waals surface area contributed by atoms with Gasteiger partial charge in [-0.05, 0) is 39.2 Å². The van der Waals surface area contributed by atoms with Crippen molar-refractivity contribution in [1.82, 2.24) is 0 Å². The number of carbonyl (C=O) groups excluding carboxylic acids is 1. The van der Waals surface area contributed by atoms with Gasteiger partial charge in [0.1, 0.15) is 5.78 Å². The number of ketones is 1. The first-order valence-electron chi connectivity index (χ1n) is 7.71. The van der Waals surface area contributed by atoms with Crippen molar-refractivity contribution in [3.05, 3.63) is 35.9 Å². The molecule has 2 unspecified atom stereocenters. The number of benzene rings is 1. The van der Waals surface area contributed by atoms with Crippen molar-refractivity contribution >= 4 is 5.78 Å². The second-order valence-electron chi connectivity index (χ2n) is 6.59. The van der Waals surface area contributed by atoms with Crippen LogP contribution >= 0.6 is 0 Å². The lowest BCUT2D eigenvalue weighted by Crippen LogP contribution is -2.37. The predicted octanol–water partition coefficient (Wildman–Crippen LogP) is 3.76. The molecule has 1 aromatic rings. The monoisotopic (exact) mass is 290 g/mol. The lowest BCUT2D eigenvalue weighted by molar-refractivity contribution is -0.138. The smallest absolute Gasteiger partial charge is 0.135 e. The summed E-state index contributed by atoms with van der Waals surface area (Å²) in [5.74, 6) is 0.163. The van der Waals surface area contributed by atoms with E-state index in [4.69, 9.17) is 9.47 Å². The van der Waals surface area contributed by atoms with Gasteiger partial charge in [0.05, 0.1) is 24.4 Å². The summed E-state index contributed by atoms with van der Waals surface area (Å²) in [6, 6.07) is 10.1. The molecule has 0 aromatic heterocycles. The van der Waals surface area contributed by atoms with Crippen LogP contribution in [-0.4, -0.2) is 23.6 Å². The van der Waals surface area contributed by atoms with Crippen LogP contribution in [-0.2, 0) is 20.9 Å². The van der Waals surface area contributed by atoms with Crippen LogP contribution in [0.25, 0.3) is 0 Å². The highest BCUT2D eigenvalue weighted by Crippen LogP contribution is 2.44. The molecule has 2 atom stereocenters. The first kappa shape index (κ1) is 16.2. The van der Waals surface area contributed by atoms with Crippen LogP contribution in [0.2, 0.25) is 0 Å². The first-order chi connectivity index (χ1) is 9.88. The largest absolute Gasteiger partial charge is 0.374 e. The van der Waals surface area contributed by atoms with E-state index in [2.05, 4.69) is 19.1 Å². The SMILES string of the molecule is CCC1(COCc2ccccc2)CC(C(C)=O)C(C)(C)O1. The Morgan fingerprint density at radius 3 is 2.52 bits per heavy atom. The Kier molecular flexibility index (Phi) is 4.84. The molecule has 0 amide bonds. The van der Waals surface area contributed by atoms with E-state index in [-0.39, 0.29) is 17.3 Å². The molecule has 0 spiro atoms. The Bertz CT molecular complexity index is 480. The normalized spacial score (nSPS) is 27.7. The molecule has 1 heterocycles. The first-order valence-corrected chi connectivity index (χ1v) is 7.71. The van der Waals surface area contributed by atoms with Gasteiger partial charge in [-0.15, -0.1) is 0 Å². The quantitative estimate of drug-likeness (QED) is 0.800. The molecular weight excluding hydrogens is 264 g/mol. The summed E-state index contributed by atoms with van der Waals surface area (Å²) in [4.78, 5) is 11.8. The van der Waals surface area contributed by atoms with E-state index in [1.54, 1.807) is 6.92 Å². The van der Waals surface area contributed by atoms with Crippen LogP contribution in [0.4, 0.5) is 0 Å². The third kappa shape index (κ3) is 3.72. The number of ether oxygens (including phenoxy) is 2. The Labute approximate surface area is 127 Å². The van der Waals surface area contributed by atoms with Gasteiger partial charge in [-0.25, -0.2) is 0 Å². The van der Waals surface area contributed by atoms with E-state index in [0.717, 1.165) is 18.4 Å². The van der Waals surface area contributed by atoms with E-state index in [1.165, 1.54) is 0 Å². The van der Waals surface area contributed by atoms with Crippen LogP contribution < -0.4 is 0 Å². The molecule has 3 nitrogen and oxygen atoms in total. The van der Waals surface area contributed by atoms with Gasteiger partial charge in [-0.1, -0.05) is 37.3 Å². The van der Waals surface area contributed by atoms with Crippen LogP contribution in [0.1, 0.15) is 46.1 Å². The summed E-state index contributed by atoms with van der Waals surface area (Å²) >= 11 is 0. The molecule has 1 aromatic carbocycles. The zero-order valence-corrected chi connectivity index (χ0v) is 13.5. The van der Waals surface area contributed by atoms with Crippen LogP contribution in [0, 0.1) is 5.92 Å². The number of carbonyl (C=O) groups is 1. The molecule has 0 aliphatic carbocycles. The summed E-state index contributed by atoms with van der Waals surface area (Å²) in [6.45, 7) is 8.89. The maximum Gasteiger partial charge on any atom is 0.135 e.